The molecular formula is C61H98N14O15S. The molecule has 0 saturated heterocycles. The largest absolute Gasteiger partial charge is 0.480 e. The third-order valence-corrected chi connectivity index (χ3v) is 14.9. The van der Waals surface area contributed by atoms with Crippen LogP contribution in [0.5, 0.6) is 0 Å². The predicted octanol–water partition coefficient (Wildman–Crippen LogP) is 0.627. The van der Waals surface area contributed by atoms with Crippen molar-refractivity contribution in [3.8, 4) is 0 Å². The van der Waals surface area contributed by atoms with Gasteiger partial charge in [0, 0.05) is 58.1 Å². The molecule has 0 fully saturated rings. The van der Waals surface area contributed by atoms with Gasteiger partial charge in [-0.2, -0.15) is 11.8 Å². The van der Waals surface area contributed by atoms with Crippen LogP contribution in [0, 0.1) is 0 Å². The number of hydrogen-bond donors (Lipinski definition) is 7. The second-order valence-electron chi connectivity index (χ2n) is 21.2. The average Bonchev–Trinajstić information content (AvgIpc) is 2.25. The third-order valence-electron chi connectivity index (χ3n) is 14.3. The van der Waals surface area contributed by atoms with Crippen molar-refractivity contribution in [1.29, 1.82) is 0 Å². The van der Waals surface area contributed by atoms with Gasteiger partial charge in [0.2, 0.25) is 59.0 Å². The number of furan rings is 2. The zero-order valence-corrected chi connectivity index (χ0v) is 54.0. The lowest BCUT2D eigenvalue weighted by Crippen LogP contribution is -2.53. The summed E-state index contributed by atoms with van der Waals surface area (Å²) in [4.78, 5) is 150. The van der Waals surface area contributed by atoms with Crippen molar-refractivity contribution in [3.63, 3.8) is 0 Å². The third kappa shape index (κ3) is 30.4. The van der Waals surface area contributed by atoms with Gasteiger partial charge in [-0.3, -0.25) is 48.1 Å². The minimum atomic E-state index is -1.22. The van der Waals surface area contributed by atoms with Crippen LogP contribution in [0.1, 0.15) is 77.2 Å². The zero-order chi connectivity index (χ0) is 66.8. The molecule has 9 amide bonds. The molecule has 1 atom stereocenters. The summed E-state index contributed by atoms with van der Waals surface area (Å²) in [7, 11) is 0. The molecule has 1 unspecified atom stereocenters. The number of carbonyl (C=O) groups is 10. The molecule has 0 radical (unpaired) electrons. The van der Waals surface area contributed by atoms with Crippen LogP contribution in [-0.4, -0.2) is 261 Å². The van der Waals surface area contributed by atoms with Crippen molar-refractivity contribution in [3.05, 3.63) is 72.7 Å². The Labute approximate surface area is 538 Å². The van der Waals surface area contributed by atoms with Crippen molar-refractivity contribution in [2.75, 3.05) is 167 Å². The fraction of sp³-hybridized carbons (Fsp3) is 0.607. The van der Waals surface area contributed by atoms with E-state index >= 15 is 0 Å². The number of hydrogen-bond acceptors (Lipinski definition) is 20. The number of rotatable bonds is 50. The number of anilines is 2. The van der Waals surface area contributed by atoms with Crippen LogP contribution in [0.4, 0.5) is 11.8 Å². The Morgan fingerprint density at radius 1 is 0.505 bits per heavy atom. The highest BCUT2D eigenvalue weighted by Crippen LogP contribution is 2.17. The number of nitrogens with two attached hydrogens (primary N) is 4. The lowest BCUT2D eigenvalue weighted by Gasteiger charge is -2.32. The monoisotopic (exact) mass is 1300 g/mol. The normalized spacial score (nSPS) is 11.3. The highest BCUT2D eigenvalue weighted by molar-refractivity contribution is 7.98. The summed E-state index contributed by atoms with van der Waals surface area (Å²) in [5.74, 6) is -6.13. The number of carboxylic acid groups (broad SMARTS) is 1. The molecule has 0 spiro atoms. The van der Waals surface area contributed by atoms with Crippen molar-refractivity contribution in [2.45, 2.75) is 84.1 Å². The number of amides is 9. The Morgan fingerprint density at radius 2 is 0.923 bits per heavy atom. The first kappa shape index (κ1) is 77.6. The Hall–Kier alpha value is -7.61. The molecule has 11 N–H and O–H groups in total. The number of benzene rings is 1. The summed E-state index contributed by atoms with van der Waals surface area (Å²) in [6.07, 6.45) is 8.55. The van der Waals surface area contributed by atoms with Crippen LogP contribution < -0.4 is 38.5 Å². The van der Waals surface area contributed by atoms with E-state index in [1.165, 1.54) is 54.9 Å². The molecule has 1 aromatic carbocycles. The van der Waals surface area contributed by atoms with Gasteiger partial charge in [-0.05, 0) is 134 Å². The average molecular weight is 1300 g/mol. The molecule has 2 heterocycles. The van der Waals surface area contributed by atoms with Gasteiger partial charge >= 0.3 is 5.97 Å². The van der Waals surface area contributed by atoms with E-state index in [2.05, 4.69) is 10.6 Å². The summed E-state index contributed by atoms with van der Waals surface area (Å²) < 4.78 is 22.2. The number of carboxylic acids is 1. The van der Waals surface area contributed by atoms with Crippen molar-refractivity contribution in [1.82, 2.24) is 39.6 Å². The SMILES string of the molecule is CCOCN(CC(=O)N(CCCCN)CC(=O)NC(CCSC)C(=O)O)C(=O)CN(CCCCN)C(=O)CN(CCCCN)C(=O)CN(COCC)C(=O)CN(CCc1ccccc1)C(=O)CN(CCCCN)C(=O)CN(C(=O)CNc1ccco1)c1ccco1. The molecular weight excluding hydrogens is 1200 g/mol. The van der Waals surface area contributed by atoms with Gasteiger partial charge in [-0.25, -0.2) is 4.79 Å². The molecule has 508 valence electrons. The van der Waals surface area contributed by atoms with Crippen LogP contribution in [0.3, 0.4) is 0 Å². The second kappa shape index (κ2) is 45.6. The summed E-state index contributed by atoms with van der Waals surface area (Å²) in [5.41, 5.74) is 24.2. The first-order chi connectivity index (χ1) is 43.9. The number of nitrogens with zero attached hydrogens (tertiary/aromatic N) is 8. The van der Waals surface area contributed by atoms with E-state index in [1.807, 2.05) is 30.3 Å². The summed E-state index contributed by atoms with van der Waals surface area (Å²) in [6, 6.07) is 14.4. The van der Waals surface area contributed by atoms with Crippen LogP contribution in [0.25, 0.3) is 0 Å². The highest BCUT2D eigenvalue weighted by atomic mass is 32.2. The second-order valence-corrected chi connectivity index (χ2v) is 22.2. The maximum Gasteiger partial charge on any atom is 0.326 e. The minimum Gasteiger partial charge on any atom is -0.480 e. The van der Waals surface area contributed by atoms with Gasteiger partial charge in [-0.15, -0.1) is 0 Å². The van der Waals surface area contributed by atoms with E-state index in [0.29, 0.717) is 82.5 Å². The van der Waals surface area contributed by atoms with E-state index in [9.17, 15) is 53.1 Å². The van der Waals surface area contributed by atoms with Crippen molar-refractivity contribution >= 4 is 82.7 Å². The first-order valence-electron chi connectivity index (χ1n) is 31.0. The summed E-state index contributed by atoms with van der Waals surface area (Å²) in [6.45, 7) is -0.316. The Kier molecular flexibility index (Phi) is 38.9. The van der Waals surface area contributed by atoms with Crippen LogP contribution in [0.2, 0.25) is 0 Å². The molecule has 29 nitrogen and oxygen atoms in total. The number of aliphatic carboxylic acids is 1. The maximum atomic E-state index is 14.7. The van der Waals surface area contributed by atoms with E-state index in [-0.39, 0.29) is 91.3 Å². The number of unbranched alkanes of at least 4 members (excludes halogenated alkanes) is 4. The van der Waals surface area contributed by atoms with Gasteiger partial charge in [0.1, 0.15) is 39.1 Å². The zero-order valence-electron chi connectivity index (χ0n) is 53.2. The van der Waals surface area contributed by atoms with Crippen molar-refractivity contribution < 1.29 is 71.4 Å². The molecule has 0 aliphatic rings. The summed E-state index contributed by atoms with van der Waals surface area (Å²) in [5, 5.41) is 15.1. The topological polar surface area (TPSA) is 390 Å². The Morgan fingerprint density at radius 3 is 1.33 bits per heavy atom. The fourth-order valence-corrected chi connectivity index (χ4v) is 9.51. The quantitative estimate of drug-likeness (QED) is 0.0301. The van der Waals surface area contributed by atoms with Crippen LogP contribution in [-0.2, 0) is 63.8 Å². The Bertz CT molecular complexity index is 2620. The lowest BCUT2D eigenvalue weighted by molar-refractivity contribution is -0.152. The predicted molar refractivity (Wildman–Crippen MR) is 343 cm³/mol. The number of ether oxygens (including phenoxy) is 2. The molecule has 3 aromatic rings. The van der Waals surface area contributed by atoms with E-state index in [0.717, 1.165) is 20.3 Å². The number of thioether (sulfide) groups is 1. The van der Waals surface area contributed by atoms with Gasteiger partial charge in [0.25, 0.3) is 0 Å². The molecule has 3 rings (SSSR count). The molecule has 0 bridgehead atoms. The van der Waals surface area contributed by atoms with E-state index < -0.39 is 118 Å². The van der Waals surface area contributed by atoms with Gasteiger partial charge in [0.05, 0.1) is 51.8 Å². The number of nitrogens with one attached hydrogen (secondary N) is 2. The smallest absolute Gasteiger partial charge is 0.326 e. The van der Waals surface area contributed by atoms with Gasteiger partial charge in [0.15, 0.2) is 5.88 Å². The summed E-state index contributed by atoms with van der Waals surface area (Å²) >= 11 is 1.41. The van der Waals surface area contributed by atoms with Crippen LogP contribution >= 0.6 is 11.8 Å². The lowest BCUT2D eigenvalue weighted by atomic mass is 10.1. The van der Waals surface area contributed by atoms with E-state index in [1.54, 1.807) is 38.3 Å². The fourth-order valence-electron chi connectivity index (χ4n) is 9.04. The Balaban J connectivity index is 1.93. The van der Waals surface area contributed by atoms with Gasteiger partial charge < -0.3 is 91.3 Å². The molecule has 0 saturated carbocycles. The van der Waals surface area contributed by atoms with E-state index in [4.69, 9.17) is 41.2 Å². The first-order valence-corrected chi connectivity index (χ1v) is 32.4. The standard InChI is InChI=1S/C61H98N14O15S/c1-4-87-46-73(43-55(80)68(29-13-9-25-62)38-50(76)67-49(61(85)86)24-36-91-3)57(82)41-70(31-15-11-27-64)53(78)39-69(30-14-10-26-63)56(81)44-74(47-88-5-2)58(83)42-72(33-23-48-19-7-6-8-20-48)54(79)40-71(32-16-12-28-65)59(84)45-75(60-22-18-35-90-60)52(77)37-66-51-21-17-34-89-51/h6-8,17-22,34-35,49,66H,4-5,9-16,23-33,36-47,62-65H2,1-3H3,(H,67,76)(H,85,86). The molecule has 30 heteroatoms. The van der Waals surface area contributed by atoms with Crippen molar-refractivity contribution in [2.24, 2.45) is 22.9 Å². The van der Waals surface area contributed by atoms with Crippen LogP contribution in [0.15, 0.2) is 76.0 Å². The molecule has 2 aromatic heterocycles. The number of carbonyl (C=O) groups excluding carboxylic acids is 9. The van der Waals surface area contributed by atoms with Gasteiger partial charge in [-0.1, -0.05) is 30.3 Å². The molecule has 0 aliphatic heterocycles. The minimum absolute atomic E-state index is 0.0116. The molecule has 0 aliphatic carbocycles. The highest BCUT2D eigenvalue weighted by Gasteiger charge is 2.32. The molecule has 91 heavy (non-hydrogen) atoms. The maximum absolute atomic E-state index is 14.7.